The Labute approximate surface area is 137 Å². The molecule has 1 aromatic rings. The third kappa shape index (κ3) is 7.04. The van der Waals surface area contributed by atoms with Gasteiger partial charge in [0.05, 0.1) is 6.10 Å². The molecular weight excluding hydrogens is 296 g/mol. The highest BCUT2D eigenvalue weighted by Gasteiger charge is 2.27. The second kappa shape index (κ2) is 7.85. The van der Waals surface area contributed by atoms with Gasteiger partial charge in [0.1, 0.15) is 11.6 Å². The lowest BCUT2D eigenvalue weighted by atomic mass is 10.0. The first-order valence-electron chi connectivity index (χ1n) is 7.62. The summed E-state index contributed by atoms with van der Waals surface area (Å²) in [6, 6.07) is 6.32. The van der Waals surface area contributed by atoms with E-state index in [2.05, 4.69) is 5.32 Å². The van der Waals surface area contributed by atoms with E-state index in [0.717, 1.165) is 5.56 Å². The van der Waals surface area contributed by atoms with Gasteiger partial charge in [-0.25, -0.2) is 9.59 Å². The normalized spacial score (nSPS) is 12.6. The Hall–Kier alpha value is -2.24. The minimum absolute atomic E-state index is 0.234. The van der Waals surface area contributed by atoms with Crippen molar-refractivity contribution in [2.24, 2.45) is 0 Å². The van der Waals surface area contributed by atoms with Crippen molar-refractivity contribution in [3.63, 3.8) is 0 Å². The molecule has 0 saturated carbocycles. The van der Waals surface area contributed by atoms with Crippen LogP contribution in [0.3, 0.4) is 0 Å². The molecule has 0 bridgehead atoms. The average molecular weight is 322 g/mol. The van der Waals surface area contributed by atoms with Gasteiger partial charge < -0.3 is 20.5 Å². The van der Waals surface area contributed by atoms with Crippen molar-refractivity contribution < 1.29 is 19.1 Å². The van der Waals surface area contributed by atoms with Gasteiger partial charge in [-0.2, -0.15) is 0 Å². The minimum atomic E-state index is -0.864. The Morgan fingerprint density at radius 3 is 2.35 bits per heavy atom. The lowest BCUT2D eigenvalue weighted by molar-refractivity contribution is -0.149. The van der Waals surface area contributed by atoms with E-state index in [1.54, 1.807) is 40.7 Å². The number of nitrogens with one attached hydrogen (secondary N) is 1. The summed E-state index contributed by atoms with van der Waals surface area (Å²) in [7, 11) is 0. The van der Waals surface area contributed by atoms with Crippen LogP contribution >= 0.6 is 0 Å². The van der Waals surface area contributed by atoms with Crippen molar-refractivity contribution in [2.45, 2.75) is 58.8 Å². The van der Waals surface area contributed by atoms with Gasteiger partial charge >= 0.3 is 12.1 Å². The molecule has 0 heterocycles. The standard InChI is InChI=1S/C17H26N2O4/c1-11(2)22-15(20)14(19-16(21)23-17(3,4)5)10-12-8-6-7-9-13(12)18/h6-9,11,14H,10,18H2,1-5H3,(H,19,21). The van der Waals surface area contributed by atoms with Crippen LogP contribution in [0.25, 0.3) is 0 Å². The predicted octanol–water partition coefficient (Wildman–Crippen LogP) is 2.66. The Morgan fingerprint density at radius 1 is 1.22 bits per heavy atom. The van der Waals surface area contributed by atoms with Crippen LogP contribution in [0.15, 0.2) is 24.3 Å². The second-order valence-corrected chi connectivity index (χ2v) is 6.59. The maximum atomic E-state index is 12.2. The first kappa shape index (κ1) is 18.8. The van der Waals surface area contributed by atoms with E-state index < -0.39 is 23.7 Å². The molecule has 1 aromatic carbocycles. The maximum absolute atomic E-state index is 12.2. The van der Waals surface area contributed by atoms with Crippen LogP contribution in [0.1, 0.15) is 40.2 Å². The summed E-state index contributed by atoms with van der Waals surface area (Å²) in [4.78, 5) is 24.2. The van der Waals surface area contributed by atoms with E-state index in [4.69, 9.17) is 15.2 Å². The predicted molar refractivity (Wildman–Crippen MR) is 88.9 cm³/mol. The quantitative estimate of drug-likeness (QED) is 0.642. The second-order valence-electron chi connectivity index (χ2n) is 6.59. The molecule has 6 heteroatoms. The molecule has 0 aliphatic rings. The molecule has 0 spiro atoms. The number of nitrogen functional groups attached to an aromatic ring is 1. The van der Waals surface area contributed by atoms with Gasteiger partial charge in [0.25, 0.3) is 0 Å². The number of amides is 1. The summed E-state index contributed by atoms with van der Waals surface area (Å²) in [5.41, 5.74) is 6.57. The van der Waals surface area contributed by atoms with Gasteiger partial charge in [0.2, 0.25) is 0 Å². The number of carbonyl (C=O) groups is 2. The highest BCUT2D eigenvalue weighted by atomic mass is 16.6. The Balaban J connectivity index is 2.87. The number of rotatable bonds is 5. The third-order valence-corrected chi connectivity index (χ3v) is 2.81. The SMILES string of the molecule is CC(C)OC(=O)C(Cc1ccccc1N)NC(=O)OC(C)(C)C. The lowest BCUT2D eigenvalue weighted by Gasteiger charge is -2.23. The number of para-hydroxylation sites is 1. The highest BCUT2D eigenvalue weighted by molar-refractivity contribution is 5.82. The average Bonchev–Trinajstić information content (AvgIpc) is 2.37. The first-order chi connectivity index (χ1) is 10.6. The fourth-order valence-electron chi connectivity index (χ4n) is 1.90. The highest BCUT2D eigenvalue weighted by Crippen LogP contribution is 2.15. The zero-order chi connectivity index (χ0) is 17.6. The monoisotopic (exact) mass is 322 g/mol. The van der Waals surface area contributed by atoms with Crippen molar-refractivity contribution in [2.75, 3.05) is 5.73 Å². The van der Waals surface area contributed by atoms with Crippen LogP contribution in [0.4, 0.5) is 10.5 Å². The molecule has 0 fully saturated rings. The van der Waals surface area contributed by atoms with Crippen molar-refractivity contribution in [1.82, 2.24) is 5.32 Å². The van der Waals surface area contributed by atoms with Gasteiger partial charge in [-0.15, -0.1) is 0 Å². The summed E-state index contributed by atoms with van der Waals surface area (Å²) < 4.78 is 10.4. The summed E-state index contributed by atoms with van der Waals surface area (Å²) in [6.45, 7) is 8.76. The number of esters is 1. The van der Waals surface area contributed by atoms with Crippen molar-refractivity contribution in [3.8, 4) is 0 Å². The Bertz CT molecular complexity index is 550. The number of carbonyl (C=O) groups excluding carboxylic acids is 2. The molecule has 128 valence electrons. The van der Waals surface area contributed by atoms with E-state index in [1.165, 1.54) is 0 Å². The molecule has 1 rings (SSSR count). The fourth-order valence-corrected chi connectivity index (χ4v) is 1.90. The van der Waals surface area contributed by atoms with Gasteiger partial charge in [-0.05, 0) is 46.2 Å². The molecule has 0 saturated heterocycles. The molecule has 1 amide bonds. The number of anilines is 1. The third-order valence-electron chi connectivity index (χ3n) is 2.81. The van der Waals surface area contributed by atoms with Crippen LogP contribution in [-0.2, 0) is 20.7 Å². The zero-order valence-corrected chi connectivity index (χ0v) is 14.4. The molecule has 0 aromatic heterocycles. The lowest BCUT2D eigenvalue weighted by Crippen LogP contribution is -2.46. The van der Waals surface area contributed by atoms with Crippen LogP contribution < -0.4 is 11.1 Å². The molecular formula is C17H26N2O4. The summed E-state index contributed by atoms with van der Waals surface area (Å²) in [6.07, 6.45) is -0.714. The van der Waals surface area contributed by atoms with Crippen LogP contribution in [0, 0.1) is 0 Å². The molecule has 1 atom stereocenters. The molecule has 0 aliphatic heterocycles. The van der Waals surface area contributed by atoms with Gasteiger partial charge in [-0.3, -0.25) is 0 Å². The molecule has 3 N–H and O–H groups in total. The van der Waals surface area contributed by atoms with E-state index in [1.807, 2.05) is 18.2 Å². The number of alkyl carbamates (subject to hydrolysis) is 1. The largest absolute Gasteiger partial charge is 0.461 e. The Morgan fingerprint density at radius 2 is 1.83 bits per heavy atom. The van der Waals surface area contributed by atoms with Gasteiger partial charge in [0, 0.05) is 12.1 Å². The van der Waals surface area contributed by atoms with E-state index in [0.29, 0.717) is 5.69 Å². The molecule has 23 heavy (non-hydrogen) atoms. The van der Waals surface area contributed by atoms with Crippen molar-refractivity contribution in [3.05, 3.63) is 29.8 Å². The van der Waals surface area contributed by atoms with Crippen molar-refractivity contribution >= 4 is 17.7 Å². The molecule has 0 radical (unpaired) electrons. The molecule has 1 unspecified atom stereocenters. The minimum Gasteiger partial charge on any atom is -0.461 e. The smallest absolute Gasteiger partial charge is 0.408 e. The van der Waals surface area contributed by atoms with Crippen molar-refractivity contribution in [1.29, 1.82) is 0 Å². The van der Waals surface area contributed by atoms with E-state index in [-0.39, 0.29) is 12.5 Å². The molecule has 6 nitrogen and oxygen atoms in total. The summed E-state index contributed by atoms with van der Waals surface area (Å²) >= 11 is 0. The number of benzene rings is 1. The van der Waals surface area contributed by atoms with Crippen LogP contribution in [-0.4, -0.2) is 29.8 Å². The number of nitrogens with two attached hydrogens (primary N) is 1. The van der Waals surface area contributed by atoms with Gasteiger partial charge in [-0.1, -0.05) is 18.2 Å². The number of hydrogen-bond donors (Lipinski definition) is 2. The van der Waals surface area contributed by atoms with E-state index >= 15 is 0 Å². The molecule has 0 aliphatic carbocycles. The Kier molecular flexibility index (Phi) is 6.42. The topological polar surface area (TPSA) is 90.6 Å². The number of ether oxygens (including phenoxy) is 2. The zero-order valence-electron chi connectivity index (χ0n) is 14.4. The summed E-state index contributed by atoms with van der Waals surface area (Å²) in [5.74, 6) is -0.519. The van der Waals surface area contributed by atoms with Crippen LogP contribution in [0.2, 0.25) is 0 Å². The van der Waals surface area contributed by atoms with E-state index in [9.17, 15) is 9.59 Å². The number of hydrogen-bond acceptors (Lipinski definition) is 5. The fraction of sp³-hybridized carbons (Fsp3) is 0.529. The first-order valence-corrected chi connectivity index (χ1v) is 7.62. The van der Waals surface area contributed by atoms with Crippen LogP contribution in [0.5, 0.6) is 0 Å². The van der Waals surface area contributed by atoms with Gasteiger partial charge in [0.15, 0.2) is 0 Å². The maximum Gasteiger partial charge on any atom is 0.408 e. The summed E-state index contributed by atoms with van der Waals surface area (Å²) in [5, 5.41) is 2.56.